The van der Waals surface area contributed by atoms with E-state index in [0.717, 1.165) is 37.0 Å². The predicted octanol–water partition coefficient (Wildman–Crippen LogP) is 2.25. The number of hydrogen-bond donors (Lipinski definition) is 1. The molecule has 0 radical (unpaired) electrons. The Morgan fingerprint density at radius 2 is 2.16 bits per heavy atom. The van der Waals surface area contributed by atoms with E-state index in [1.807, 2.05) is 24.3 Å². The van der Waals surface area contributed by atoms with E-state index in [4.69, 9.17) is 4.74 Å². The predicted molar refractivity (Wildman–Crippen MR) is 96.4 cm³/mol. The smallest absolute Gasteiger partial charge is 0.254 e. The maximum Gasteiger partial charge on any atom is 0.254 e. The first kappa shape index (κ1) is 17.9. The second kappa shape index (κ2) is 8.00. The van der Waals surface area contributed by atoms with Gasteiger partial charge in [-0.3, -0.25) is 9.59 Å². The summed E-state index contributed by atoms with van der Waals surface area (Å²) >= 11 is 0. The Labute approximate surface area is 149 Å². The summed E-state index contributed by atoms with van der Waals surface area (Å²) in [6.07, 6.45) is 3.14. The molecule has 136 valence electrons. The summed E-state index contributed by atoms with van der Waals surface area (Å²) in [7, 11) is 0. The zero-order chi connectivity index (χ0) is 17.8. The van der Waals surface area contributed by atoms with Gasteiger partial charge in [-0.1, -0.05) is 32.0 Å². The highest BCUT2D eigenvalue weighted by Crippen LogP contribution is 2.25. The summed E-state index contributed by atoms with van der Waals surface area (Å²) in [5, 5.41) is 3.02. The topological polar surface area (TPSA) is 58.6 Å². The fraction of sp³-hybridized carbons (Fsp3) is 0.600. The van der Waals surface area contributed by atoms with Crippen molar-refractivity contribution in [2.45, 2.75) is 39.2 Å². The number of rotatable bonds is 5. The average Bonchev–Trinajstić information content (AvgIpc) is 2.63. The molecule has 1 fully saturated rings. The van der Waals surface area contributed by atoms with Crippen LogP contribution >= 0.6 is 0 Å². The van der Waals surface area contributed by atoms with Crippen LogP contribution in [-0.2, 0) is 16.0 Å². The van der Waals surface area contributed by atoms with Gasteiger partial charge in [0.05, 0.1) is 12.6 Å². The molecule has 25 heavy (non-hydrogen) atoms. The van der Waals surface area contributed by atoms with Crippen LogP contribution in [0.15, 0.2) is 24.3 Å². The highest BCUT2D eigenvalue weighted by atomic mass is 16.5. The van der Waals surface area contributed by atoms with Gasteiger partial charge in [0.1, 0.15) is 0 Å². The molecule has 5 nitrogen and oxygen atoms in total. The maximum atomic E-state index is 12.5. The normalized spacial score (nSPS) is 23.5. The maximum absolute atomic E-state index is 12.5. The first-order valence-corrected chi connectivity index (χ1v) is 9.31. The number of nitrogens with zero attached hydrogens (tertiary/aromatic N) is 1. The third kappa shape index (κ3) is 4.21. The monoisotopic (exact) mass is 344 g/mol. The lowest BCUT2D eigenvalue weighted by molar-refractivity contribution is -0.122. The van der Waals surface area contributed by atoms with Crippen LogP contribution in [0.4, 0.5) is 0 Å². The molecule has 1 N–H and O–H groups in total. The number of benzene rings is 1. The third-order valence-corrected chi connectivity index (χ3v) is 5.23. The number of carbonyl (C=O) groups is 2. The second-order valence-electron chi connectivity index (χ2n) is 7.42. The molecule has 2 aliphatic heterocycles. The van der Waals surface area contributed by atoms with Crippen LogP contribution in [0, 0.1) is 11.8 Å². The van der Waals surface area contributed by atoms with Crippen LogP contribution in [0.3, 0.4) is 0 Å². The van der Waals surface area contributed by atoms with Gasteiger partial charge < -0.3 is 15.0 Å². The van der Waals surface area contributed by atoms with E-state index in [1.54, 1.807) is 4.90 Å². The van der Waals surface area contributed by atoms with Gasteiger partial charge >= 0.3 is 0 Å². The zero-order valence-corrected chi connectivity index (χ0v) is 15.2. The summed E-state index contributed by atoms with van der Waals surface area (Å²) in [6.45, 7) is 6.50. The van der Waals surface area contributed by atoms with E-state index in [9.17, 15) is 9.59 Å². The Balaban J connectivity index is 1.52. The molecule has 2 amide bonds. The van der Waals surface area contributed by atoms with Crippen LogP contribution in [0.25, 0.3) is 0 Å². The molecule has 0 aliphatic carbocycles. The summed E-state index contributed by atoms with van der Waals surface area (Å²) in [5.74, 6) is 0.678. The number of ether oxygens (including phenoxy) is 1. The molecule has 2 aliphatic rings. The zero-order valence-electron chi connectivity index (χ0n) is 15.2. The number of hydrogen-bond acceptors (Lipinski definition) is 3. The summed E-state index contributed by atoms with van der Waals surface area (Å²) in [5.41, 5.74) is 1.80. The number of nitrogens with one attached hydrogen (secondary N) is 1. The fourth-order valence-corrected chi connectivity index (χ4v) is 3.92. The Bertz CT molecular complexity index is 629. The lowest BCUT2D eigenvalue weighted by atomic mass is 9.87. The quantitative estimate of drug-likeness (QED) is 0.891. The summed E-state index contributed by atoms with van der Waals surface area (Å²) in [4.78, 5) is 26.5. The second-order valence-corrected chi connectivity index (χ2v) is 7.42. The Morgan fingerprint density at radius 1 is 1.36 bits per heavy atom. The van der Waals surface area contributed by atoms with Gasteiger partial charge in [0.25, 0.3) is 5.91 Å². The van der Waals surface area contributed by atoms with Crippen molar-refractivity contribution in [3.63, 3.8) is 0 Å². The molecule has 0 aromatic heterocycles. The minimum absolute atomic E-state index is 0.0435. The van der Waals surface area contributed by atoms with Gasteiger partial charge in [-0.15, -0.1) is 0 Å². The first-order valence-electron chi connectivity index (χ1n) is 9.31. The molecule has 0 bridgehead atoms. The van der Waals surface area contributed by atoms with Crippen molar-refractivity contribution in [2.75, 3.05) is 26.2 Å². The van der Waals surface area contributed by atoms with Crippen LogP contribution in [0.1, 0.15) is 42.6 Å². The van der Waals surface area contributed by atoms with Crippen molar-refractivity contribution in [2.24, 2.45) is 11.8 Å². The average molecular weight is 344 g/mol. The van der Waals surface area contributed by atoms with Crippen molar-refractivity contribution in [3.8, 4) is 0 Å². The molecule has 0 unspecified atom stereocenters. The molecule has 3 rings (SSSR count). The molecule has 0 saturated carbocycles. The molecule has 2 atom stereocenters. The molecule has 1 saturated heterocycles. The van der Waals surface area contributed by atoms with E-state index in [-0.39, 0.29) is 24.5 Å². The Kier molecular flexibility index (Phi) is 5.74. The van der Waals surface area contributed by atoms with Crippen molar-refractivity contribution in [3.05, 3.63) is 35.4 Å². The van der Waals surface area contributed by atoms with Crippen molar-refractivity contribution in [1.29, 1.82) is 0 Å². The van der Waals surface area contributed by atoms with E-state index >= 15 is 0 Å². The van der Waals surface area contributed by atoms with Crippen LogP contribution in [0.2, 0.25) is 0 Å². The molecular weight excluding hydrogens is 316 g/mol. The molecule has 1 aromatic rings. The molecule has 1 aromatic carbocycles. The van der Waals surface area contributed by atoms with Crippen molar-refractivity contribution >= 4 is 11.8 Å². The summed E-state index contributed by atoms with van der Waals surface area (Å²) < 4.78 is 5.87. The molecule has 0 spiro atoms. The number of carbonyl (C=O) groups excluding carboxylic acids is 2. The van der Waals surface area contributed by atoms with Crippen molar-refractivity contribution in [1.82, 2.24) is 10.2 Å². The first-order chi connectivity index (χ1) is 12.1. The third-order valence-electron chi connectivity index (χ3n) is 5.23. The van der Waals surface area contributed by atoms with Crippen LogP contribution in [0.5, 0.6) is 0 Å². The lowest BCUT2D eigenvalue weighted by Crippen LogP contribution is -2.47. The van der Waals surface area contributed by atoms with E-state index < -0.39 is 0 Å². The minimum Gasteiger partial charge on any atom is -0.378 e. The van der Waals surface area contributed by atoms with Gasteiger partial charge in [0, 0.05) is 31.2 Å². The number of fused-ring (bicyclic) bond motifs is 1. The van der Waals surface area contributed by atoms with Gasteiger partial charge in [-0.25, -0.2) is 0 Å². The largest absolute Gasteiger partial charge is 0.378 e. The summed E-state index contributed by atoms with van der Waals surface area (Å²) in [6, 6.07) is 7.65. The molecule has 5 heteroatoms. The van der Waals surface area contributed by atoms with Crippen molar-refractivity contribution < 1.29 is 14.3 Å². The number of amides is 2. The molecule has 2 heterocycles. The highest BCUT2D eigenvalue weighted by molar-refractivity contribution is 5.98. The Morgan fingerprint density at radius 3 is 2.96 bits per heavy atom. The van der Waals surface area contributed by atoms with E-state index in [2.05, 4.69) is 19.2 Å². The standard InChI is InChI=1S/C20H28N2O3/c1-14(2)19-16(7-5-11-25-19)12-21-18(23)13-22-10-9-15-6-3-4-8-17(15)20(22)24/h3-4,6,8,14,16,19H,5,7,9-13H2,1-2H3,(H,21,23)/t16-,19+/m1/s1. The lowest BCUT2D eigenvalue weighted by Gasteiger charge is -2.34. The SMILES string of the molecule is CC(C)[C@@H]1OCCC[C@@H]1CNC(=O)CN1CCc2ccccc2C1=O. The van der Waals surface area contributed by atoms with Gasteiger partial charge in [-0.05, 0) is 36.8 Å². The van der Waals surface area contributed by atoms with E-state index in [0.29, 0.717) is 24.9 Å². The molecular formula is C20H28N2O3. The van der Waals surface area contributed by atoms with Gasteiger partial charge in [-0.2, -0.15) is 0 Å². The van der Waals surface area contributed by atoms with E-state index in [1.165, 1.54) is 0 Å². The van der Waals surface area contributed by atoms with Gasteiger partial charge in [0.15, 0.2) is 0 Å². The Hall–Kier alpha value is -1.88. The minimum atomic E-state index is -0.0826. The van der Waals surface area contributed by atoms with Crippen LogP contribution in [-0.4, -0.2) is 49.1 Å². The highest BCUT2D eigenvalue weighted by Gasteiger charge is 2.29. The fourth-order valence-electron chi connectivity index (χ4n) is 3.92. The van der Waals surface area contributed by atoms with Crippen LogP contribution < -0.4 is 5.32 Å². The van der Waals surface area contributed by atoms with Gasteiger partial charge in [0.2, 0.25) is 5.91 Å².